The minimum absolute atomic E-state index is 0.0458. The molecule has 2 aliphatic heterocycles. The van der Waals surface area contributed by atoms with Crippen LogP contribution in [0.2, 0.25) is 18.1 Å². The minimum atomic E-state index is -2.63. The summed E-state index contributed by atoms with van der Waals surface area (Å²) < 4.78 is 46.1. The third-order valence-corrected chi connectivity index (χ3v) is 23.8. The quantitative estimate of drug-likeness (QED) is 0.0315. The number of rotatable bonds is 21. The number of methoxy groups -OCH3 is 2. The molecule has 4 heterocycles. The highest BCUT2D eigenvalue weighted by Gasteiger charge is 2.54. The average molecular weight is 1090 g/mol. The fourth-order valence-corrected chi connectivity index (χ4v) is 15.7. The van der Waals surface area contributed by atoms with Crippen LogP contribution in [-0.4, -0.2) is 107 Å². The number of amides is 1. The minimum Gasteiger partial charge on any atom is -0.497 e. The van der Waals surface area contributed by atoms with Crippen LogP contribution in [0.4, 0.5) is 5.82 Å². The lowest BCUT2D eigenvalue weighted by molar-refractivity contribution is -0.0915. The van der Waals surface area contributed by atoms with E-state index in [0.717, 1.165) is 42.6 Å². The number of benzene rings is 5. The monoisotopic (exact) mass is 1080 g/mol. The van der Waals surface area contributed by atoms with Crippen LogP contribution in [0.15, 0.2) is 152 Å². The molecule has 0 bridgehead atoms. The molecule has 2 fully saturated rings. The molecule has 18 heteroatoms. The lowest BCUT2D eigenvalue weighted by Gasteiger charge is -2.41. The third-order valence-electron chi connectivity index (χ3n) is 14.1. The summed E-state index contributed by atoms with van der Waals surface area (Å²) in [7, 11) is -0.625. The highest BCUT2D eigenvalue weighted by Crippen LogP contribution is 2.59. The summed E-state index contributed by atoms with van der Waals surface area (Å²) in [5, 5.41) is 2.81. The molecule has 2 aromatic heterocycles. The Labute approximate surface area is 450 Å². The zero-order valence-electron chi connectivity index (χ0n) is 43.5. The Morgan fingerprint density at radius 2 is 1.31 bits per heavy atom. The molecule has 0 spiro atoms. The summed E-state index contributed by atoms with van der Waals surface area (Å²) in [6.07, 6.45) is 2.31. The summed E-state index contributed by atoms with van der Waals surface area (Å²) in [6, 6.07) is 44.6. The number of aromatic nitrogens is 4. The molecule has 1 amide bonds. The van der Waals surface area contributed by atoms with Crippen molar-refractivity contribution in [1.29, 1.82) is 0 Å². The number of nitrogens with one attached hydrogen (secondary N) is 1. The van der Waals surface area contributed by atoms with E-state index in [1.54, 1.807) is 44.1 Å². The van der Waals surface area contributed by atoms with Gasteiger partial charge in [-0.1, -0.05) is 147 Å². The van der Waals surface area contributed by atoms with Crippen molar-refractivity contribution in [2.75, 3.05) is 50.7 Å². The molecular formula is C57H65N6O8PS2Si. The Bertz CT molecular complexity index is 2940. The maximum atomic E-state index is 13.5. The van der Waals surface area contributed by atoms with E-state index in [9.17, 15) is 9.59 Å². The van der Waals surface area contributed by atoms with Gasteiger partial charge in [0.25, 0.3) is 5.91 Å². The van der Waals surface area contributed by atoms with Gasteiger partial charge < -0.3 is 33.2 Å². The number of hydrogen-bond donors (Lipinski definition) is 1. The summed E-state index contributed by atoms with van der Waals surface area (Å²) in [5.74, 6) is 2.67. The molecule has 5 aromatic carbocycles. The van der Waals surface area contributed by atoms with Gasteiger partial charge in [0, 0.05) is 35.7 Å². The first kappa shape index (κ1) is 54.3. The van der Waals surface area contributed by atoms with Crippen molar-refractivity contribution in [1.82, 2.24) is 24.2 Å². The van der Waals surface area contributed by atoms with Crippen molar-refractivity contribution >= 4 is 67.0 Å². The van der Waals surface area contributed by atoms with Gasteiger partial charge in [0.1, 0.15) is 41.7 Å². The molecule has 5 atom stereocenters. The Morgan fingerprint density at radius 1 is 0.733 bits per heavy atom. The van der Waals surface area contributed by atoms with Crippen LogP contribution in [0.1, 0.15) is 77.2 Å². The van der Waals surface area contributed by atoms with Gasteiger partial charge in [0.15, 0.2) is 39.0 Å². The highest BCUT2D eigenvalue weighted by atomic mass is 32.7. The van der Waals surface area contributed by atoms with Gasteiger partial charge in [0.05, 0.1) is 27.2 Å². The number of fused-ring (bicyclic) bond motifs is 1. The van der Waals surface area contributed by atoms with E-state index < -0.39 is 46.0 Å². The number of imidazole rings is 1. The third kappa shape index (κ3) is 12.2. The lowest BCUT2D eigenvalue weighted by Crippen LogP contribution is -2.49. The summed E-state index contributed by atoms with van der Waals surface area (Å²) in [5.41, 5.74) is 3.51. The second-order valence-corrected chi connectivity index (χ2v) is 29.3. The topological polar surface area (TPSA) is 148 Å². The Hall–Kier alpha value is -5.46. The number of ether oxygens (including phenoxy) is 4. The van der Waals surface area contributed by atoms with Crippen LogP contribution < -0.4 is 14.8 Å². The van der Waals surface area contributed by atoms with Crippen molar-refractivity contribution in [2.45, 2.75) is 81.9 Å². The number of thioether (sulfide) groups is 1. The van der Waals surface area contributed by atoms with Gasteiger partial charge in [-0.15, -0.1) is 0 Å². The molecule has 2 aliphatic rings. The number of carbonyl (C=O) groups excluding carboxylic acids is 2. The largest absolute Gasteiger partial charge is 0.497 e. The first-order valence-corrected chi connectivity index (χ1v) is 31.9. The van der Waals surface area contributed by atoms with E-state index in [2.05, 4.69) is 61.0 Å². The summed E-state index contributed by atoms with van der Waals surface area (Å²) in [4.78, 5) is 40.9. The first-order chi connectivity index (χ1) is 36.3. The SMILES string of the molecule is COc1ccc(C(OC[C@H]2O[C@@H](n3cnc4c(NC(=O)c5ccccc5)ncnc43)[C@H](O[Si](C)(C)C(C)(C)C)[C@@H]2OP(SCCSC(=O)c2ccccc2)N2CCCC2)(c2ccccc2)c2ccc(OC)cc2)cc1. The molecule has 0 aliphatic carbocycles. The maximum absolute atomic E-state index is 13.5. The van der Waals surface area contributed by atoms with Gasteiger partial charge in [0.2, 0.25) is 5.12 Å². The second kappa shape index (κ2) is 24.3. The van der Waals surface area contributed by atoms with Crippen molar-refractivity contribution in [3.63, 3.8) is 0 Å². The van der Waals surface area contributed by atoms with Crippen LogP contribution in [0.25, 0.3) is 11.2 Å². The van der Waals surface area contributed by atoms with Crippen molar-refractivity contribution in [3.05, 3.63) is 180 Å². The predicted molar refractivity (Wildman–Crippen MR) is 302 cm³/mol. The van der Waals surface area contributed by atoms with Gasteiger partial charge in [-0.05, 0) is 84.1 Å². The van der Waals surface area contributed by atoms with E-state index in [1.807, 2.05) is 120 Å². The van der Waals surface area contributed by atoms with Crippen LogP contribution in [-0.2, 0) is 24.0 Å². The van der Waals surface area contributed by atoms with Gasteiger partial charge in [-0.2, -0.15) is 0 Å². The van der Waals surface area contributed by atoms with Crippen LogP contribution in [0.5, 0.6) is 11.5 Å². The zero-order valence-corrected chi connectivity index (χ0v) is 47.0. The number of nitrogens with zero attached hydrogens (tertiary/aromatic N) is 5. The smallest absolute Gasteiger partial charge is 0.256 e. The van der Waals surface area contributed by atoms with E-state index in [1.165, 1.54) is 18.1 Å². The molecule has 1 N–H and O–H groups in total. The van der Waals surface area contributed by atoms with Crippen LogP contribution in [0, 0.1) is 0 Å². The van der Waals surface area contributed by atoms with Crippen LogP contribution >= 0.6 is 30.6 Å². The number of hydrogen-bond acceptors (Lipinski definition) is 14. The molecular weight excluding hydrogens is 1020 g/mol. The normalized spacial score (nSPS) is 18.8. The molecule has 9 rings (SSSR count). The number of anilines is 1. The Kier molecular flexibility index (Phi) is 17.6. The van der Waals surface area contributed by atoms with Gasteiger partial charge in [-0.3, -0.25) is 18.8 Å². The Balaban J connectivity index is 1.14. The lowest BCUT2D eigenvalue weighted by atomic mass is 9.80. The average Bonchev–Trinajstić information content (AvgIpc) is 4.21. The van der Waals surface area contributed by atoms with E-state index in [-0.39, 0.29) is 28.5 Å². The molecule has 2 saturated heterocycles. The summed E-state index contributed by atoms with van der Waals surface area (Å²) >= 11 is 3.08. The molecule has 75 heavy (non-hydrogen) atoms. The van der Waals surface area contributed by atoms with E-state index >= 15 is 0 Å². The fourth-order valence-electron chi connectivity index (χ4n) is 9.07. The van der Waals surface area contributed by atoms with Gasteiger partial charge >= 0.3 is 0 Å². The fraction of sp³-hybridized carbons (Fsp3) is 0.351. The van der Waals surface area contributed by atoms with E-state index in [0.29, 0.717) is 45.3 Å². The Morgan fingerprint density at radius 3 is 1.89 bits per heavy atom. The number of carbonyl (C=O) groups is 2. The first-order valence-electron chi connectivity index (χ1n) is 25.2. The van der Waals surface area contributed by atoms with Crippen molar-refractivity contribution < 1.29 is 37.5 Å². The predicted octanol–water partition coefficient (Wildman–Crippen LogP) is 12.4. The maximum Gasteiger partial charge on any atom is 0.256 e. The van der Waals surface area contributed by atoms with Crippen molar-refractivity contribution in [3.8, 4) is 11.5 Å². The molecule has 0 saturated carbocycles. The van der Waals surface area contributed by atoms with Gasteiger partial charge in [-0.25, -0.2) is 15.0 Å². The van der Waals surface area contributed by atoms with Crippen LogP contribution in [0.3, 0.4) is 0 Å². The standard InChI is InChI=1S/C57H65N6O8PS2Si/c1-56(2,3)75(6,7)71-50-49(70-72(62-33-17-18-34-62)74-36-35-73-55(65)41-21-13-9-14-22-41)47(69-54(50)63-39-60-48-51(58-38-59-52(48)63)61-53(64)40-19-11-8-12-20-40)37-68-57(42-23-15-10-16-24-42,43-25-29-45(66-4)30-26-43)44-27-31-46(67-5)32-28-44/h8-16,19-32,38-39,47,49-50,54H,17-18,33-37H2,1-7H3,(H,58,59,61,64)/t47-,49-,50-,54-,72?/m1/s1. The second-order valence-electron chi connectivity index (χ2n) is 19.9. The molecule has 7 aromatic rings. The van der Waals surface area contributed by atoms with Crippen molar-refractivity contribution in [2.24, 2.45) is 0 Å². The summed E-state index contributed by atoms with van der Waals surface area (Å²) in [6.45, 7) is 13.0. The molecule has 0 radical (unpaired) electrons. The van der Waals surface area contributed by atoms with E-state index in [4.69, 9.17) is 37.9 Å². The molecule has 392 valence electrons. The molecule has 14 nitrogen and oxygen atoms in total. The molecule has 1 unspecified atom stereocenters. The zero-order chi connectivity index (χ0) is 52.6. The highest BCUT2D eigenvalue weighted by molar-refractivity contribution is 8.53.